The van der Waals surface area contributed by atoms with E-state index in [1.165, 1.54) is 23.0 Å². The highest BCUT2D eigenvalue weighted by molar-refractivity contribution is 5.51. The van der Waals surface area contributed by atoms with Crippen LogP contribution in [0.1, 0.15) is 11.3 Å². The monoisotopic (exact) mass is 291 g/mol. The zero-order chi connectivity index (χ0) is 15.1. The third-order valence-electron chi connectivity index (χ3n) is 2.36. The van der Waals surface area contributed by atoms with E-state index in [1.54, 1.807) is 7.05 Å². The van der Waals surface area contributed by atoms with E-state index < -0.39 is 19.4 Å². The standard InChI is InChI=1S/C11H11F2N3O.CH2F2/c1-16-5-8(3-12)15-11(16)10-9(13)2-7(6-17)4-14-10;2-1-3/h2,4-5,17H,3,6H2,1H3;1H2. The molecule has 0 atom stereocenters. The van der Waals surface area contributed by atoms with Crippen LogP contribution < -0.4 is 0 Å². The number of rotatable bonds is 3. The van der Waals surface area contributed by atoms with Crippen LogP contribution in [0.15, 0.2) is 18.5 Å². The van der Waals surface area contributed by atoms with Gasteiger partial charge in [-0.1, -0.05) is 0 Å². The third kappa shape index (κ3) is 3.77. The SMILES string of the molecule is Cn1cc(CF)nc1-c1ncc(CO)cc1F.FCF. The highest BCUT2D eigenvalue weighted by Gasteiger charge is 2.14. The molecule has 0 aromatic carbocycles. The smallest absolute Gasteiger partial charge is 0.229 e. The summed E-state index contributed by atoms with van der Waals surface area (Å²) < 4.78 is 46.9. The van der Waals surface area contributed by atoms with Gasteiger partial charge in [-0.15, -0.1) is 0 Å². The van der Waals surface area contributed by atoms with Crippen molar-refractivity contribution >= 4 is 0 Å². The summed E-state index contributed by atoms with van der Waals surface area (Å²) in [6.45, 7) is -2.73. The minimum Gasteiger partial charge on any atom is -0.392 e. The van der Waals surface area contributed by atoms with Crippen molar-refractivity contribution in [2.24, 2.45) is 7.05 Å². The number of aliphatic hydroxyl groups is 1. The quantitative estimate of drug-likeness (QED) is 0.884. The first-order valence-corrected chi connectivity index (χ1v) is 5.53. The molecule has 20 heavy (non-hydrogen) atoms. The number of aromatic nitrogens is 3. The van der Waals surface area contributed by atoms with Crippen molar-refractivity contribution in [3.05, 3.63) is 35.5 Å². The molecule has 2 rings (SSSR count). The lowest BCUT2D eigenvalue weighted by Crippen LogP contribution is -1.98. The Balaban J connectivity index is 0.000000612. The van der Waals surface area contributed by atoms with Gasteiger partial charge in [0.2, 0.25) is 6.93 Å². The fourth-order valence-corrected chi connectivity index (χ4v) is 1.54. The Kier molecular flexibility index (Phi) is 6.10. The zero-order valence-corrected chi connectivity index (χ0v) is 10.7. The lowest BCUT2D eigenvalue weighted by molar-refractivity contribution is 0.280. The van der Waals surface area contributed by atoms with Crippen molar-refractivity contribution in [3.63, 3.8) is 0 Å². The van der Waals surface area contributed by atoms with E-state index in [0.29, 0.717) is 5.56 Å². The van der Waals surface area contributed by atoms with Gasteiger partial charge in [-0.25, -0.2) is 27.5 Å². The van der Waals surface area contributed by atoms with Crippen LogP contribution in [0.2, 0.25) is 0 Å². The van der Waals surface area contributed by atoms with Crippen LogP contribution in [-0.2, 0) is 20.3 Å². The Morgan fingerprint density at radius 2 is 1.95 bits per heavy atom. The Morgan fingerprint density at radius 3 is 2.40 bits per heavy atom. The number of hydrogen-bond donors (Lipinski definition) is 1. The first-order valence-electron chi connectivity index (χ1n) is 5.53. The highest BCUT2D eigenvalue weighted by Crippen LogP contribution is 2.20. The normalized spacial score (nSPS) is 10.1. The van der Waals surface area contributed by atoms with Gasteiger partial charge in [0.25, 0.3) is 0 Å². The van der Waals surface area contributed by atoms with E-state index >= 15 is 0 Å². The molecule has 2 heterocycles. The van der Waals surface area contributed by atoms with E-state index in [2.05, 4.69) is 9.97 Å². The minimum absolute atomic E-state index is 0.0457. The predicted octanol–water partition coefficient (Wildman–Crippen LogP) is 2.47. The topological polar surface area (TPSA) is 50.9 Å². The Morgan fingerprint density at radius 1 is 1.30 bits per heavy atom. The number of aliphatic hydroxyl groups excluding tert-OH is 1. The molecule has 0 saturated heterocycles. The molecule has 0 aliphatic heterocycles. The summed E-state index contributed by atoms with van der Waals surface area (Å²) in [6, 6.07) is 1.19. The average Bonchev–Trinajstić information content (AvgIpc) is 2.80. The van der Waals surface area contributed by atoms with E-state index in [4.69, 9.17) is 5.11 Å². The van der Waals surface area contributed by atoms with Crippen molar-refractivity contribution in [1.29, 1.82) is 0 Å². The van der Waals surface area contributed by atoms with E-state index in [-0.39, 0.29) is 23.8 Å². The van der Waals surface area contributed by atoms with Gasteiger partial charge in [-0.2, -0.15) is 0 Å². The molecule has 1 N–H and O–H groups in total. The Bertz CT molecular complexity index is 560. The number of alkyl halides is 3. The molecule has 110 valence electrons. The zero-order valence-electron chi connectivity index (χ0n) is 10.7. The van der Waals surface area contributed by atoms with E-state index in [9.17, 15) is 17.6 Å². The van der Waals surface area contributed by atoms with Crippen LogP contribution in [0.25, 0.3) is 11.5 Å². The number of imidazole rings is 1. The van der Waals surface area contributed by atoms with E-state index in [1.807, 2.05) is 0 Å². The number of hydrogen-bond acceptors (Lipinski definition) is 3. The van der Waals surface area contributed by atoms with Crippen LogP contribution in [0.5, 0.6) is 0 Å². The van der Waals surface area contributed by atoms with Crippen LogP contribution >= 0.6 is 0 Å². The maximum absolute atomic E-state index is 13.7. The Hall–Kier alpha value is -1.96. The summed E-state index contributed by atoms with van der Waals surface area (Å²) in [5.41, 5.74) is 0.658. The molecule has 0 saturated carbocycles. The molecule has 0 aliphatic carbocycles. The van der Waals surface area contributed by atoms with Crippen LogP contribution in [0.3, 0.4) is 0 Å². The second kappa shape index (κ2) is 7.59. The van der Waals surface area contributed by atoms with Gasteiger partial charge in [-0.3, -0.25) is 0 Å². The molecular weight excluding hydrogens is 278 g/mol. The largest absolute Gasteiger partial charge is 0.392 e. The van der Waals surface area contributed by atoms with Crippen LogP contribution in [-0.4, -0.2) is 26.6 Å². The van der Waals surface area contributed by atoms with E-state index in [0.717, 1.165) is 0 Å². The van der Waals surface area contributed by atoms with Gasteiger partial charge >= 0.3 is 0 Å². The highest BCUT2D eigenvalue weighted by atomic mass is 19.3. The summed E-state index contributed by atoms with van der Waals surface area (Å²) in [5.74, 6) is -0.324. The lowest BCUT2D eigenvalue weighted by Gasteiger charge is -2.03. The number of aryl methyl sites for hydroxylation is 1. The van der Waals surface area contributed by atoms with Gasteiger partial charge < -0.3 is 9.67 Å². The summed E-state index contributed by atoms with van der Waals surface area (Å²) in [6.07, 6.45) is 2.85. The second-order valence-electron chi connectivity index (χ2n) is 3.73. The van der Waals surface area contributed by atoms with Crippen molar-refractivity contribution in [3.8, 4) is 11.5 Å². The third-order valence-corrected chi connectivity index (χ3v) is 2.36. The summed E-state index contributed by atoms with van der Waals surface area (Å²) in [5, 5.41) is 8.84. The fourth-order valence-electron chi connectivity index (χ4n) is 1.54. The van der Waals surface area contributed by atoms with Crippen molar-refractivity contribution < 1.29 is 22.7 Å². The molecular formula is C12H13F4N3O. The first kappa shape index (κ1) is 16.1. The number of pyridine rings is 1. The minimum atomic E-state index is -1.75. The molecule has 4 nitrogen and oxygen atoms in total. The maximum atomic E-state index is 13.7. The molecule has 0 unspecified atom stereocenters. The molecule has 0 radical (unpaired) electrons. The first-order chi connectivity index (χ1) is 9.57. The van der Waals surface area contributed by atoms with Gasteiger partial charge in [0.15, 0.2) is 11.6 Å². The van der Waals surface area contributed by atoms with Crippen LogP contribution in [0, 0.1) is 5.82 Å². The fraction of sp³-hybridized carbons (Fsp3) is 0.333. The molecule has 8 heteroatoms. The maximum Gasteiger partial charge on any atom is 0.229 e. The molecule has 2 aromatic rings. The molecule has 0 spiro atoms. The average molecular weight is 291 g/mol. The molecule has 0 fully saturated rings. The molecule has 0 amide bonds. The summed E-state index contributed by atoms with van der Waals surface area (Å²) in [7, 11) is 1.64. The molecule has 0 bridgehead atoms. The second-order valence-corrected chi connectivity index (χ2v) is 3.73. The Labute approximate surface area is 112 Å². The van der Waals surface area contributed by atoms with Gasteiger partial charge in [0.05, 0.1) is 12.3 Å². The summed E-state index contributed by atoms with van der Waals surface area (Å²) in [4.78, 5) is 7.82. The lowest BCUT2D eigenvalue weighted by atomic mass is 10.2. The van der Waals surface area contributed by atoms with Gasteiger partial charge in [0.1, 0.15) is 12.4 Å². The van der Waals surface area contributed by atoms with Crippen LogP contribution in [0.4, 0.5) is 17.6 Å². The van der Waals surface area contributed by atoms with Gasteiger partial charge in [0, 0.05) is 19.4 Å². The number of halogens is 4. The molecule has 2 aromatic heterocycles. The van der Waals surface area contributed by atoms with Gasteiger partial charge in [-0.05, 0) is 11.6 Å². The number of nitrogens with zero attached hydrogens (tertiary/aromatic N) is 3. The van der Waals surface area contributed by atoms with Crippen molar-refractivity contribution in [2.45, 2.75) is 13.3 Å². The van der Waals surface area contributed by atoms with Crippen molar-refractivity contribution in [1.82, 2.24) is 14.5 Å². The molecule has 0 aliphatic rings. The summed E-state index contributed by atoms with van der Waals surface area (Å²) >= 11 is 0. The van der Waals surface area contributed by atoms with Crippen molar-refractivity contribution in [2.75, 3.05) is 6.93 Å². The predicted molar refractivity (Wildman–Crippen MR) is 64.2 cm³/mol.